The molecule has 0 radical (unpaired) electrons. The van der Waals surface area contributed by atoms with Gasteiger partial charge in [-0.15, -0.1) is 0 Å². The molecule has 0 saturated heterocycles. The van der Waals surface area contributed by atoms with Gasteiger partial charge in [0, 0.05) is 12.1 Å². The van der Waals surface area contributed by atoms with E-state index in [1.807, 2.05) is 20.8 Å². The van der Waals surface area contributed by atoms with Gasteiger partial charge in [-0.3, -0.25) is 0 Å². The van der Waals surface area contributed by atoms with Crippen molar-refractivity contribution in [3.05, 3.63) is 0 Å². The molecule has 4 heteroatoms. The Labute approximate surface area is 90.5 Å². The van der Waals surface area contributed by atoms with Gasteiger partial charge in [0.25, 0.3) is 0 Å². The Kier molecular flexibility index (Phi) is 2.41. The average Bonchev–Trinajstić information content (AvgIpc) is 2.54. The maximum absolute atomic E-state index is 11.5. The second-order valence-corrected chi connectivity index (χ2v) is 5.73. The normalized spacial score (nSPS) is 38.4. The van der Waals surface area contributed by atoms with Crippen LogP contribution in [0.4, 0.5) is 4.79 Å². The van der Waals surface area contributed by atoms with Gasteiger partial charge in [-0.25, -0.2) is 4.79 Å². The van der Waals surface area contributed by atoms with E-state index in [0.717, 1.165) is 12.8 Å². The minimum Gasteiger partial charge on any atom is -0.444 e. The molecule has 1 amide bonds. The number of rotatable bonds is 1. The Bertz CT molecular complexity index is 260. The molecule has 0 bridgehead atoms. The zero-order valence-corrected chi connectivity index (χ0v) is 9.62. The molecule has 0 aromatic carbocycles. The summed E-state index contributed by atoms with van der Waals surface area (Å²) >= 11 is 0. The number of fused-ring (bicyclic) bond motifs is 1. The Morgan fingerprint density at radius 1 is 1.33 bits per heavy atom. The fourth-order valence-electron chi connectivity index (χ4n) is 2.54. The first kappa shape index (κ1) is 10.7. The highest BCUT2D eigenvalue weighted by Gasteiger charge is 2.56. The molecule has 2 saturated carbocycles. The third-order valence-corrected chi connectivity index (χ3v) is 3.16. The van der Waals surface area contributed by atoms with E-state index in [-0.39, 0.29) is 6.09 Å². The third kappa shape index (κ3) is 2.43. The van der Waals surface area contributed by atoms with Crippen molar-refractivity contribution in [2.45, 2.75) is 51.3 Å². The molecule has 0 heterocycles. The summed E-state index contributed by atoms with van der Waals surface area (Å²) in [6.45, 7) is 5.61. The second-order valence-electron chi connectivity index (χ2n) is 5.73. The summed E-state index contributed by atoms with van der Waals surface area (Å²) in [6.07, 6.45) is 1.80. The summed E-state index contributed by atoms with van der Waals surface area (Å²) in [4.78, 5) is 11.5. The molecular weight excluding hydrogens is 192 g/mol. The zero-order valence-electron chi connectivity index (χ0n) is 9.62. The van der Waals surface area contributed by atoms with Crippen LogP contribution in [0.2, 0.25) is 0 Å². The molecule has 86 valence electrons. The third-order valence-electron chi connectivity index (χ3n) is 3.16. The van der Waals surface area contributed by atoms with Gasteiger partial charge < -0.3 is 15.8 Å². The first-order valence-corrected chi connectivity index (χ1v) is 5.62. The van der Waals surface area contributed by atoms with Crippen molar-refractivity contribution < 1.29 is 9.53 Å². The lowest BCUT2D eigenvalue weighted by molar-refractivity contribution is 0.0516. The lowest BCUT2D eigenvalue weighted by Crippen LogP contribution is -2.36. The van der Waals surface area contributed by atoms with Crippen LogP contribution in [0.1, 0.15) is 33.6 Å². The number of amides is 1. The number of hydrogen-bond acceptors (Lipinski definition) is 3. The first-order chi connectivity index (χ1) is 6.87. The van der Waals surface area contributed by atoms with Crippen LogP contribution in [0.25, 0.3) is 0 Å². The summed E-state index contributed by atoms with van der Waals surface area (Å²) in [5.74, 6) is 1.21. The van der Waals surface area contributed by atoms with Crippen LogP contribution >= 0.6 is 0 Å². The van der Waals surface area contributed by atoms with Gasteiger partial charge in [0.15, 0.2) is 0 Å². The number of nitrogens with one attached hydrogen (secondary N) is 1. The maximum atomic E-state index is 11.5. The van der Waals surface area contributed by atoms with Gasteiger partial charge in [-0.2, -0.15) is 0 Å². The summed E-state index contributed by atoms with van der Waals surface area (Å²) < 4.78 is 5.20. The molecule has 0 aliphatic heterocycles. The van der Waals surface area contributed by atoms with Gasteiger partial charge in [0.05, 0.1) is 0 Å². The topological polar surface area (TPSA) is 64.3 Å². The van der Waals surface area contributed by atoms with Crippen molar-refractivity contribution in [1.29, 1.82) is 0 Å². The predicted molar refractivity (Wildman–Crippen MR) is 57.3 cm³/mol. The number of carbonyl (C=O) groups excluding carboxylic acids is 1. The van der Waals surface area contributed by atoms with Crippen LogP contribution in [-0.4, -0.2) is 23.8 Å². The Hall–Kier alpha value is -0.770. The van der Waals surface area contributed by atoms with Gasteiger partial charge >= 0.3 is 6.09 Å². The number of ether oxygens (including phenoxy) is 1. The molecule has 2 rings (SSSR count). The average molecular weight is 212 g/mol. The largest absolute Gasteiger partial charge is 0.444 e. The molecule has 2 aliphatic carbocycles. The summed E-state index contributed by atoms with van der Waals surface area (Å²) in [5, 5.41) is 2.92. The molecule has 0 aromatic rings. The standard InChI is InChI=1S/C11H20N2O2/c1-11(2,3)15-10(14)13-9-7-4-6(12)5-8(7)9/h6-9H,4-5,12H2,1-3H3,(H,13,14). The summed E-state index contributed by atoms with van der Waals surface area (Å²) in [7, 11) is 0. The molecule has 2 fully saturated rings. The molecule has 3 N–H and O–H groups in total. The van der Waals surface area contributed by atoms with Crippen molar-refractivity contribution >= 4 is 6.09 Å². The highest BCUT2D eigenvalue weighted by Crippen LogP contribution is 2.51. The Morgan fingerprint density at radius 2 is 1.87 bits per heavy atom. The molecule has 4 nitrogen and oxygen atoms in total. The zero-order chi connectivity index (χ0) is 11.2. The van der Waals surface area contributed by atoms with E-state index in [2.05, 4.69) is 5.32 Å². The molecule has 2 atom stereocenters. The van der Waals surface area contributed by atoms with Crippen LogP contribution < -0.4 is 11.1 Å². The molecule has 0 spiro atoms. The van der Waals surface area contributed by atoms with Gasteiger partial charge in [-0.05, 0) is 45.4 Å². The molecule has 2 aliphatic rings. The Morgan fingerprint density at radius 3 is 2.33 bits per heavy atom. The molecule has 0 aromatic heterocycles. The SMILES string of the molecule is CC(C)(C)OC(=O)NC1C2CC(N)CC21. The lowest BCUT2D eigenvalue weighted by atomic mass is 10.1. The van der Waals surface area contributed by atoms with E-state index in [4.69, 9.17) is 10.5 Å². The molecule has 2 unspecified atom stereocenters. The van der Waals surface area contributed by atoms with Crippen molar-refractivity contribution in [3.63, 3.8) is 0 Å². The fourth-order valence-corrected chi connectivity index (χ4v) is 2.54. The lowest BCUT2D eigenvalue weighted by Gasteiger charge is -2.20. The smallest absolute Gasteiger partial charge is 0.407 e. The van der Waals surface area contributed by atoms with Crippen LogP contribution in [-0.2, 0) is 4.74 Å². The van der Waals surface area contributed by atoms with E-state index in [9.17, 15) is 4.79 Å². The minimum absolute atomic E-state index is 0.296. The maximum Gasteiger partial charge on any atom is 0.407 e. The molecule has 15 heavy (non-hydrogen) atoms. The van der Waals surface area contributed by atoms with E-state index in [0.29, 0.717) is 23.9 Å². The molecular formula is C11H20N2O2. The van der Waals surface area contributed by atoms with Crippen LogP contribution in [0, 0.1) is 11.8 Å². The quantitative estimate of drug-likeness (QED) is 0.687. The van der Waals surface area contributed by atoms with Crippen LogP contribution in [0.5, 0.6) is 0 Å². The number of carbonyl (C=O) groups is 1. The van der Waals surface area contributed by atoms with Crippen molar-refractivity contribution in [1.82, 2.24) is 5.32 Å². The van der Waals surface area contributed by atoms with Crippen LogP contribution in [0.15, 0.2) is 0 Å². The van der Waals surface area contributed by atoms with E-state index in [1.54, 1.807) is 0 Å². The number of alkyl carbamates (subject to hydrolysis) is 1. The van der Waals surface area contributed by atoms with Crippen molar-refractivity contribution in [3.8, 4) is 0 Å². The van der Waals surface area contributed by atoms with Gasteiger partial charge in [-0.1, -0.05) is 0 Å². The fraction of sp³-hybridized carbons (Fsp3) is 0.909. The van der Waals surface area contributed by atoms with Crippen LogP contribution in [0.3, 0.4) is 0 Å². The monoisotopic (exact) mass is 212 g/mol. The Balaban J connectivity index is 1.74. The van der Waals surface area contributed by atoms with Gasteiger partial charge in [0.2, 0.25) is 0 Å². The second kappa shape index (κ2) is 3.37. The van der Waals surface area contributed by atoms with Crippen molar-refractivity contribution in [2.24, 2.45) is 17.6 Å². The first-order valence-electron chi connectivity index (χ1n) is 5.62. The highest BCUT2D eigenvalue weighted by molar-refractivity contribution is 5.68. The highest BCUT2D eigenvalue weighted by atomic mass is 16.6. The van der Waals surface area contributed by atoms with Gasteiger partial charge in [0.1, 0.15) is 5.60 Å². The number of hydrogen-bond donors (Lipinski definition) is 2. The predicted octanol–water partition coefficient (Wildman–Crippen LogP) is 1.25. The van der Waals surface area contributed by atoms with E-state index < -0.39 is 5.60 Å². The number of nitrogens with two attached hydrogens (primary N) is 1. The van der Waals surface area contributed by atoms with Crippen molar-refractivity contribution in [2.75, 3.05) is 0 Å². The minimum atomic E-state index is -0.412. The van der Waals surface area contributed by atoms with E-state index >= 15 is 0 Å². The van der Waals surface area contributed by atoms with E-state index in [1.165, 1.54) is 0 Å². The summed E-state index contributed by atoms with van der Waals surface area (Å²) in [6, 6.07) is 0.663. The summed E-state index contributed by atoms with van der Waals surface area (Å²) in [5.41, 5.74) is 5.39.